The van der Waals surface area contributed by atoms with Crippen LogP contribution in [0.1, 0.15) is 136 Å². The van der Waals surface area contributed by atoms with Gasteiger partial charge >= 0.3 is 0 Å². The molecule has 2 heteroatoms. The van der Waals surface area contributed by atoms with Crippen molar-refractivity contribution >= 4 is 20.6 Å². The molecule has 0 saturated heterocycles. The van der Waals surface area contributed by atoms with E-state index in [4.69, 9.17) is 0 Å². The topological polar surface area (TPSA) is 17.1 Å². The fraction of sp³-hybridized carbons (Fsp3) is 0.957. The highest BCUT2D eigenvalue weighted by Gasteiger charge is 1.97. The van der Waals surface area contributed by atoms with Gasteiger partial charge in [-0.2, -0.15) is 0 Å². The fourth-order valence-electron chi connectivity index (χ4n) is 3.47. The van der Waals surface area contributed by atoms with E-state index < -0.39 is 0 Å². The van der Waals surface area contributed by atoms with Crippen molar-refractivity contribution in [2.45, 2.75) is 136 Å². The number of rotatable bonds is 20. The maximum Gasteiger partial charge on any atom is 0.197 e. The van der Waals surface area contributed by atoms with Crippen LogP contribution in [-0.2, 0) is 4.79 Å². The highest BCUT2D eigenvalue weighted by atomic mass is 79.9. The van der Waals surface area contributed by atoms with Gasteiger partial charge in [0.05, 0.1) is 0 Å². The molecule has 0 saturated carbocycles. The lowest BCUT2D eigenvalue weighted by molar-refractivity contribution is -0.110. The van der Waals surface area contributed by atoms with Crippen LogP contribution < -0.4 is 0 Å². The lowest BCUT2D eigenvalue weighted by Crippen LogP contribution is -1.87. The van der Waals surface area contributed by atoms with Crippen LogP contribution in [0.5, 0.6) is 0 Å². The van der Waals surface area contributed by atoms with Crippen molar-refractivity contribution in [1.29, 1.82) is 0 Å². The van der Waals surface area contributed by atoms with Crippen molar-refractivity contribution in [3.63, 3.8) is 0 Å². The number of unbranched alkanes of at least 4 members (excludes halogenated alkanes) is 16. The van der Waals surface area contributed by atoms with Crippen LogP contribution in [-0.4, -0.2) is 4.69 Å². The molecule has 0 unspecified atom stereocenters. The minimum absolute atomic E-state index is 0.161. The van der Waals surface area contributed by atoms with E-state index in [0.29, 0.717) is 6.42 Å². The van der Waals surface area contributed by atoms with Crippen molar-refractivity contribution < 1.29 is 4.79 Å². The predicted molar refractivity (Wildman–Crippen MR) is 116 cm³/mol. The molecule has 0 fully saturated rings. The molecule has 0 aromatic carbocycles. The molecule has 0 aromatic heterocycles. The fourth-order valence-corrected chi connectivity index (χ4v) is 3.75. The Hall–Kier alpha value is 0.150. The van der Waals surface area contributed by atoms with Gasteiger partial charge in [0.15, 0.2) is 4.69 Å². The van der Waals surface area contributed by atoms with Gasteiger partial charge in [0.1, 0.15) is 0 Å². The zero-order valence-corrected chi connectivity index (χ0v) is 18.9. The summed E-state index contributed by atoms with van der Waals surface area (Å²) in [6, 6.07) is 0. The maximum atomic E-state index is 10.8. The number of carbonyl (C=O) groups is 1. The molecule has 0 spiro atoms. The smallest absolute Gasteiger partial charge is 0.197 e. The molecule has 0 radical (unpaired) electrons. The Labute approximate surface area is 167 Å². The number of hydrogen-bond acceptors (Lipinski definition) is 1. The Balaban J connectivity index is 2.99. The summed E-state index contributed by atoms with van der Waals surface area (Å²) in [6.45, 7) is 4.66. The van der Waals surface area contributed by atoms with Crippen LogP contribution in [0.25, 0.3) is 0 Å². The molecule has 0 heterocycles. The first-order valence-electron chi connectivity index (χ1n) is 11.3. The molecule has 25 heavy (non-hydrogen) atoms. The number of carbonyl (C=O) groups excluding carboxylic acids is 1. The monoisotopic (exact) mass is 416 g/mol. The van der Waals surface area contributed by atoms with Gasteiger partial charge in [0.25, 0.3) is 0 Å². The normalized spacial score (nSPS) is 11.4. The van der Waals surface area contributed by atoms with E-state index in [1.54, 1.807) is 0 Å². The number of hydrogen-bond donors (Lipinski definition) is 0. The van der Waals surface area contributed by atoms with Gasteiger partial charge < -0.3 is 0 Å². The second kappa shape index (κ2) is 20.5. The summed E-state index contributed by atoms with van der Waals surface area (Å²) in [6.07, 6.45) is 25.8. The third-order valence-corrected chi connectivity index (χ3v) is 5.55. The molecule has 0 atom stereocenters. The summed E-state index contributed by atoms with van der Waals surface area (Å²) >= 11 is 2.99. The minimum Gasteiger partial charge on any atom is -0.287 e. The lowest BCUT2D eigenvalue weighted by atomic mass is 10.0. The summed E-state index contributed by atoms with van der Waals surface area (Å²) in [5.74, 6) is 0.885. The maximum absolute atomic E-state index is 10.8. The van der Waals surface area contributed by atoms with Crippen LogP contribution in [0, 0.1) is 5.92 Å². The van der Waals surface area contributed by atoms with Crippen molar-refractivity contribution in [3.8, 4) is 0 Å². The lowest BCUT2D eigenvalue weighted by Gasteiger charge is -2.05. The van der Waals surface area contributed by atoms with Crippen LogP contribution in [0.15, 0.2) is 0 Å². The van der Waals surface area contributed by atoms with Gasteiger partial charge in [-0.3, -0.25) is 4.79 Å². The van der Waals surface area contributed by atoms with Crippen molar-refractivity contribution in [2.24, 2.45) is 5.92 Å². The Morgan fingerprint density at radius 3 is 1.12 bits per heavy atom. The summed E-state index contributed by atoms with van der Waals surface area (Å²) in [7, 11) is 0. The van der Waals surface area contributed by atoms with E-state index in [0.717, 1.165) is 12.3 Å². The van der Waals surface area contributed by atoms with Crippen LogP contribution in [0.3, 0.4) is 0 Å². The Kier molecular flexibility index (Phi) is 20.6. The van der Waals surface area contributed by atoms with E-state index >= 15 is 0 Å². The molecular formula is C23H45BrO. The van der Waals surface area contributed by atoms with Gasteiger partial charge in [-0.25, -0.2) is 0 Å². The second-order valence-corrected chi connectivity index (χ2v) is 9.18. The van der Waals surface area contributed by atoms with Crippen LogP contribution >= 0.6 is 15.9 Å². The molecule has 1 nitrogen and oxygen atoms in total. The molecule has 150 valence electrons. The minimum atomic E-state index is 0.161. The van der Waals surface area contributed by atoms with E-state index in [1.807, 2.05) is 0 Å². The molecule has 0 aliphatic rings. The summed E-state index contributed by atoms with van der Waals surface area (Å²) in [5, 5.41) is 0. The molecule has 0 aliphatic carbocycles. The van der Waals surface area contributed by atoms with Crippen molar-refractivity contribution in [3.05, 3.63) is 0 Å². The average molecular weight is 418 g/mol. The van der Waals surface area contributed by atoms with Crippen molar-refractivity contribution in [2.75, 3.05) is 0 Å². The number of halogens is 1. The van der Waals surface area contributed by atoms with E-state index in [1.165, 1.54) is 109 Å². The highest BCUT2D eigenvalue weighted by molar-refractivity contribution is 9.18. The zero-order valence-electron chi connectivity index (χ0n) is 17.3. The molecular weight excluding hydrogens is 372 g/mol. The summed E-state index contributed by atoms with van der Waals surface area (Å²) in [4.78, 5) is 10.8. The summed E-state index contributed by atoms with van der Waals surface area (Å²) in [5.41, 5.74) is 0. The van der Waals surface area contributed by atoms with E-state index in [2.05, 4.69) is 29.8 Å². The second-order valence-electron chi connectivity index (χ2n) is 8.30. The quantitative estimate of drug-likeness (QED) is 0.143. The first kappa shape index (κ1) is 25.1. The molecule has 0 bridgehead atoms. The molecule has 0 N–H and O–H groups in total. The van der Waals surface area contributed by atoms with Crippen LogP contribution in [0.2, 0.25) is 0 Å². The third kappa shape index (κ3) is 24.1. The molecule has 0 aliphatic heterocycles. The third-order valence-electron chi connectivity index (χ3n) is 5.15. The van der Waals surface area contributed by atoms with Crippen molar-refractivity contribution in [1.82, 2.24) is 0 Å². The van der Waals surface area contributed by atoms with E-state index in [9.17, 15) is 4.79 Å². The largest absolute Gasteiger partial charge is 0.287 e. The Bertz CT molecular complexity index is 275. The van der Waals surface area contributed by atoms with Gasteiger partial charge in [-0.05, 0) is 28.3 Å². The molecule has 0 rings (SSSR count). The molecule has 0 aromatic rings. The van der Waals surface area contributed by atoms with Gasteiger partial charge in [0, 0.05) is 6.42 Å². The predicted octanol–water partition coefficient (Wildman–Crippen LogP) is 8.98. The average Bonchev–Trinajstić information content (AvgIpc) is 2.56. The van der Waals surface area contributed by atoms with E-state index in [-0.39, 0.29) is 4.69 Å². The van der Waals surface area contributed by atoms with Crippen LogP contribution in [0.4, 0.5) is 0 Å². The Morgan fingerprint density at radius 2 is 0.840 bits per heavy atom. The van der Waals surface area contributed by atoms with Gasteiger partial charge in [0.2, 0.25) is 0 Å². The Morgan fingerprint density at radius 1 is 0.560 bits per heavy atom. The van der Waals surface area contributed by atoms with Gasteiger partial charge in [-0.15, -0.1) is 0 Å². The highest BCUT2D eigenvalue weighted by Crippen LogP contribution is 2.15. The summed E-state index contributed by atoms with van der Waals surface area (Å²) < 4.78 is 0.161. The first-order chi connectivity index (χ1) is 12.1. The molecule has 0 amide bonds. The zero-order chi connectivity index (χ0) is 18.6. The standard InChI is InChI=1S/C23H45BrO/c1-22(2)20-18-16-14-12-10-8-6-4-3-5-7-9-11-13-15-17-19-21-23(24)25/h22H,3-21H2,1-2H3. The van der Waals surface area contributed by atoms with Gasteiger partial charge in [-0.1, -0.05) is 123 Å². The SMILES string of the molecule is CC(C)CCCCCCCCCCCCCCCCCCCC(=O)Br. The first-order valence-corrected chi connectivity index (χ1v) is 12.1.